The van der Waals surface area contributed by atoms with Crippen LogP contribution in [0, 0.1) is 6.92 Å². The Morgan fingerprint density at radius 3 is 2.33 bits per heavy atom. The van der Waals surface area contributed by atoms with Gasteiger partial charge in [-0.15, -0.1) is 0 Å². The monoisotopic (exact) mass is 208 g/mol. The molecular formula is C11H16N2O2. The van der Waals surface area contributed by atoms with Crippen LogP contribution in [-0.4, -0.2) is 23.7 Å². The van der Waals surface area contributed by atoms with Gasteiger partial charge in [-0.2, -0.15) is 0 Å². The van der Waals surface area contributed by atoms with Gasteiger partial charge >= 0.3 is 5.97 Å². The fraction of sp³-hybridized carbons (Fsp3) is 0.364. The van der Waals surface area contributed by atoms with Gasteiger partial charge in [0.15, 0.2) is 0 Å². The number of benzene rings is 1. The molecule has 1 rings (SSSR count). The Bertz CT molecular complexity index is 335. The van der Waals surface area contributed by atoms with Gasteiger partial charge in [-0.25, -0.2) is 0 Å². The van der Waals surface area contributed by atoms with E-state index in [9.17, 15) is 4.79 Å². The highest BCUT2D eigenvalue weighted by molar-refractivity contribution is 5.74. The van der Waals surface area contributed by atoms with Crippen LogP contribution in [0.2, 0.25) is 0 Å². The number of aliphatic carboxylic acids is 1. The molecule has 0 aromatic heterocycles. The zero-order chi connectivity index (χ0) is 11.4. The van der Waals surface area contributed by atoms with E-state index in [0.29, 0.717) is 0 Å². The maximum Gasteiger partial charge on any atom is 0.321 e. The van der Waals surface area contributed by atoms with E-state index < -0.39 is 12.0 Å². The molecular weight excluding hydrogens is 192 g/mol. The summed E-state index contributed by atoms with van der Waals surface area (Å²) in [7, 11) is 0. The smallest absolute Gasteiger partial charge is 0.321 e. The van der Waals surface area contributed by atoms with Crippen molar-refractivity contribution in [2.24, 2.45) is 11.5 Å². The zero-order valence-electron chi connectivity index (χ0n) is 8.68. The zero-order valence-corrected chi connectivity index (χ0v) is 8.68. The fourth-order valence-electron chi connectivity index (χ4n) is 1.48. The Kier molecular flexibility index (Phi) is 3.82. The first-order chi connectivity index (χ1) is 7.06. The van der Waals surface area contributed by atoms with Crippen LogP contribution in [0.25, 0.3) is 0 Å². The normalized spacial score (nSPS) is 14.6. The van der Waals surface area contributed by atoms with Gasteiger partial charge in [0, 0.05) is 12.5 Å². The lowest BCUT2D eigenvalue weighted by Gasteiger charge is -2.19. The summed E-state index contributed by atoms with van der Waals surface area (Å²) >= 11 is 0. The number of carbonyl (C=O) groups is 1. The molecule has 0 spiro atoms. The highest BCUT2D eigenvalue weighted by Crippen LogP contribution is 2.18. The van der Waals surface area contributed by atoms with E-state index in [1.165, 1.54) is 0 Å². The molecule has 0 saturated carbocycles. The number of rotatable bonds is 4. The number of carboxylic acids is 1. The Balaban J connectivity index is 2.92. The molecule has 0 bridgehead atoms. The molecule has 5 N–H and O–H groups in total. The van der Waals surface area contributed by atoms with Crippen molar-refractivity contribution >= 4 is 5.97 Å². The fourth-order valence-corrected chi connectivity index (χ4v) is 1.48. The number of hydrogen-bond acceptors (Lipinski definition) is 3. The molecule has 2 atom stereocenters. The average molecular weight is 208 g/mol. The van der Waals surface area contributed by atoms with Crippen molar-refractivity contribution in [1.29, 1.82) is 0 Å². The van der Waals surface area contributed by atoms with Crippen LogP contribution in [0.5, 0.6) is 0 Å². The molecule has 82 valence electrons. The van der Waals surface area contributed by atoms with Crippen molar-refractivity contribution in [3.8, 4) is 0 Å². The lowest BCUT2D eigenvalue weighted by Crippen LogP contribution is -2.39. The first-order valence-electron chi connectivity index (χ1n) is 4.81. The standard InChI is InChI=1S/C11H16N2O2/c1-7-2-4-8(5-3-7)9(6-12)10(13)11(14)15/h2-5,9-10H,6,12-13H2,1H3,(H,14,15)/t9-,10+/m1/s1. The minimum atomic E-state index is -1.02. The number of carboxylic acid groups (broad SMARTS) is 1. The SMILES string of the molecule is Cc1ccc([C@@H](CN)[C@H](N)C(=O)O)cc1. The predicted molar refractivity (Wildman–Crippen MR) is 58.6 cm³/mol. The maximum absolute atomic E-state index is 10.8. The highest BCUT2D eigenvalue weighted by Gasteiger charge is 2.24. The van der Waals surface area contributed by atoms with E-state index in [1.807, 2.05) is 31.2 Å². The Hall–Kier alpha value is -1.39. The largest absolute Gasteiger partial charge is 0.480 e. The Morgan fingerprint density at radius 2 is 1.93 bits per heavy atom. The average Bonchev–Trinajstić information content (AvgIpc) is 2.21. The summed E-state index contributed by atoms with van der Waals surface area (Å²) in [6.07, 6.45) is 0. The Labute approximate surface area is 88.9 Å². The molecule has 1 aromatic rings. The summed E-state index contributed by atoms with van der Waals surface area (Å²) in [4.78, 5) is 10.8. The second kappa shape index (κ2) is 4.91. The first kappa shape index (κ1) is 11.7. The van der Waals surface area contributed by atoms with E-state index in [-0.39, 0.29) is 12.5 Å². The van der Waals surface area contributed by atoms with Crippen molar-refractivity contribution < 1.29 is 9.90 Å². The first-order valence-corrected chi connectivity index (χ1v) is 4.81. The van der Waals surface area contributed by atoms with Crippen molar-refractivity contribution in [1.82, 2.24) is 0 Å². The van der Waals surface area contributed by atoms with Gasteiger partial charge < -0.3 is 16.6 Å². The molecule has 0 radical (unpaired) electrons. The van der Waals surface area contributed by atoms with Gasteiger partial charge in [-0.05, 0) is 12.5 Å². The van der Waals surface area contributed by atoms with Crippen LogP contribution in [0.1, 0.15) is 17.0 Å². The van der Waals surface area contributed by atoms with E-state index in [2.05, 4.69) is 0 Å². The molecule has 4 nitrogen and oxygen atoms in total. The predicted octanol–water partition coefficient (Wildman–Crippen LogP) is 0.449. The van der Waals surface area contributed by atoms with Gasteiger partial charge in [0.25, 0.3) is 0 Å². The van der Waals surface area contributed by atoms with Crippen LogP contribution in [0.15, 0.2) is 24.3 Å². The van der Waals surface area contributed by atoms with Crippen LogP contribution in [0.4, 0.5) is 0 Å². The third kappa shape index (κ3) is 2.78. The van der Waals surface area contributed by atoms with E-state index in [4.69, 9.17) is 16.6 Å². The third-order valence-corrected chi connectivity index (χ3v) is 2.48. The minimum Gasteiger partial charge on any atom is -0.480 e. The number of nitrogens with two attached hydrogens (primary N) is 2. The highest BCUT2D eigenvalue weighted by atomic mass is 16.4. The quantitative estimate of drug-likeness (QED) is 0.670. The second-order valence-electron chi connectivity index (χ2n) is 3.62. The van der Waals surface area contributed by atoms with Gasteiger partial charge in [0.2, 0.25) is 0 Å². The Morgan fingerprint density at radius 1 is 1.40 bits per heavy atom. The summed E-state index contributed by atoms with van der Waals surface area (Å²) in [5, 5.41) is 8.82. The van der Waals surface area contributed by atoms with E-state index >= 15 is 0 Å². The summed E-state index contributed by atoms with van der Waals surface area (Å²) in [6, 6.07) is 6.64. The molecule has 15 heavy (non-hydrogen) atoms. The van der Waals surface area contributed by atoms with Crippen LogP contribution in [-0.2, 0) is 4.79 Å². The molecule has 0 amide bonds. The van der Waals surface area contributed by atoms with Crippen LogP contribution >= 0.6 is 0 Å². The van der Waals surface area contributed by atoms with Crippen LogP contribution in [0.3, 0.4) is 0 Å². The van der Waals surface area contributed by atoms with Crippen molar-refractivity contribution in [2.75, 3.05) is 6.54 Å². The van der Waals surface area contributed by atoms with Gasteiger partial charge in [-0.3, -0.25) is 4.79 Å². The van der Waals surface area contributed by atoms with Crippen molar-refractivity contribution in [3.63, 3.8) is 0 Å². The number of aryl methyl sites for hydroxylation is 1. The summed E-state index contributed by atoms with van der Waals surface area (Å²) in [5.74, 6) is -1.35. The molecule has 4 heteroatoms. The maximum atomic E-state index is 10.8. The lowest BCUT2D eigenvalue weighted by molar-refractivity contribution is -0.139. The molecule has 1 aromatic carbocycles. The lowest BCUT2D eigenvalue weighted by atomic mass is 9.91. The van der Waals surface area contributed by atoms with Gasteiger partial charge in [-0.1, -0.05) is 29.8 Å². The van der Waals surface area contributed by atoms with Gasteiger partial charge in [0.1, 0.15) is 6.04 Å². The second-order valence-corrected chi connectivity index (χ2v) is 3.62. The van der Waals surface area contributed by atoms with Crippen molar-refractivity contribution in [2.45, 2.75) is 18.9 Å². The molecule has 0 saturated heterocycles. The van der Waals surface area contributed by atoms with Crippen LogP contribution < -0.4 is 11.5 Å². The molecule has 0 aliphatic rings. The number of hydrogen-bond donors (Lipinski definition) is 3. The molecule has 0 unspecified atom stereocenters. The summed E-state index contributed by atoms with van der Waals surface area (Å²) in [6.45, 7) is 2.20. The topological polar surface area (TPSA) is 89.3 Å². The third-order valence-electron chi connectivity index (χ3n) is 2.48. The minimum absolute atomic E-state index is 0.233. The van der Waals surface area contributed by atoms with E-state index in [0.717, 1.165) is 11.1 Å². The van der Waals surface area contributed by atoms with E-state index in [1.54, 1.807) is 0 Å². The molecule has 0 fully saturated rings. The molecule has 0 aliphatic heterocycles. The van der Waals surface area contributed by atoms with Gasteiger partial charge in [0.05, 0.1) is 0 Å². The summed E-state index contributed by atoms with van der Waals surface area (Å²) < 4.78 is 0. The molecule has 0 aliphatic carbocycles. The molecule has 0 heterocycles. The summed E-state index contributed by atoms with van der Waals surface area (Å²) in [5.41, 5.74) is 13.1. The van der Waals surface area contributed by atoms with Crippen molar-refractivity contribution in [3.05, 3.63) is 35.4 Å².